The van der Waals surface area contributed by atoms with E-state index < -0.39 is 11.6 Å². The molecule has 0 saturated heterocycles. The molecule has 0 aliphatic heterocycles. The van der Waals surface area contributed by atoms with E-state index in [1.165, 1.54) is 18.4 Å². The van der Waals surface area contributed by atoms with Gasteiger partial charge < -0.3 is 0 Å². The molecule has 0 radical (unpaired) electrons. The van der Waals surface area contributed by atoms with Crippen molar-refractivity contribution in [1.82, 2.24) is 0 Å². The fraction of sp³-hybridized carbons (Fsp3) is 0.520. The molecule has 2 unspecified atom stereocenters. The summed E-state index contributed by atoms with van der Waals surface area (Å²) in [4.78, 5) is 0. The first kappa shape index (κ1) is 20.0. The van der Waals surface area contributed by atoms with Gasteiger partial charge in [-0.05, 0) is 81.3 Å². The summed E-state index contributed by atoms with van der Waals surface area (Å²) in [7, 11) is 0. The van der Waals surface area contributed by atoms with Crippen molar-refractivity contribution < 1.29 is 8.78 Å². The molecule has 0 spiro atoms. The zero-order chi connectivity index (χ0) is 19.2. The van der Waals surface area contributed by atoms with Crippen LogP contribution in [0.5, 0.6) is 0 Å². The Balaban J connectivity index is 1.59. The van der Waals surface area contributed by atoms with Gasteiger partial charge in [-0.1, -0.05) is 55.4 Å². The monoisotopic (exact) mass is 370 g/mol. The summed E-state index contributed by atoms with van der Waals surface area (Å²) in [5.41, 5.74) is 3.41. The molecular formula is C25H32F2. The van der Waals surface area contributed by atoms with Gasteiger partial charge in [0.25, 0.3) is 0 Å². The van der Waals surface area contributed by atoms with Crippen molar-refractivity contribution in [2.45, 2.75) is 71.6 Å². The Labute approximate surface area is 163 Å². The molecule has 2 aliphatic rings. The predicted molar refractivity (Wildman–Crippen MR) is 111 cm³/mol. The minimum atomic E-state index is -0.662. The maximum Gasteiger partial charge on any atom is 0.166 e. The lowest BCUT2D eigenvalue weighted by Gasteiger charge is -2.21. The minimum Gasteiger partial charge on any atom is -0.203 e. The van der Waals surface area contributed by atoms with Crippen LogP contribution in [0.1, 0.15) is 76.3 Å². The van der Waals surface area contributed by atoms with Gasteiger partial charge in [0.15, 0.2) is 11.6 Å². The fourth-order valence-corrected chi connectivity index (χ4v) is 4.22. The van der Waals surface area contributed by atoms with Crippen LogP contribution in [0.25, 0.3) is 5.57 Å². The number of rotatable bonds is 6. The van der Waals surface area contributed by atoms with Crippen molar-refractivity contribution in [3.05, 3.63) is 64.8 Å². The Bertz CT molecular complexity index is 739. The van der Waals surface area contributed by atoms with Crippen molar-refractivity contribution in [2.24, 2.45) is 11.8 Å². The summed E-state index contributed by atoms with van der Waals surface area (Å²) in [6, 6.07) is 3.56. The van der Waals surface area contributed by atoms with E-state index in [-0.39, 0.29) is 0 Å². The molecule has 0 saturated carbocycles. The lowest BCUT2D eigenvalue weighted by molar-refractivity contribution is 0.466. The van der Waals surface area contributed by atoms with E-state index in [2.05, 4.69) is 38.2 Å². The molecule has 2 aliphatic carbocycles. The first-order chi connectivity index (χ1) is 13.1. The summed E-state index contributed by atoms with van der Waals surface area (Å²) >= 11 is 0. The van der Waals surface area contributed by atoms with Gasteiger partial charge >= 0.3 is 0 Å². The third-order valence-corrected chi connectivity index (χ3v) is 6.27. The first-order valence-electron chi connectivity index (χ1n) is 10.6. The van der Waals surface area contributed by atoms with E-state index in [0.29, 0.717) is 29.4 Å². The average Bonchev–Trinajstić information content (AvgIpc) is 2.70. The van der Waals surface area contributed by atoms with Gasteiger partial charge in [-0.25, -0.2) is 8.78 Å². The van der Waals surface area contributed by atoms with E-state index in [1.807, 2.05) is 0 Å². The Morgan fingerprint density at radius 3 is 2.56 bits per heavy atom. The van der Waals surface area contributed by atoms with Crippen LogP contribution in [-0.4, -0.2) is 0 Å². The molecule has 3 rings (SSSR count). The smallest absolute Gasteiger partial charge is 0.166 e. The van der Waals surface area contributed by atoms with Crippen LogP contribution >= 0.6 is 0 Å². The van der Waals surface area contributed by atoms with Crippen LogP contribution in [-0.2, 0) is 6.42 Å². The Morgan fingerprint density at radius 1 is 1.04 bits per heavy atom. The zero-order valence-electron chi connectivity index (χ0n) is 16.7. The van der Waals surface area contributed by atoms with Gasteiger partial charge in [0.2, 0.25) is 0 Å². The standard InChI is InChI=1S/C25H32F2/c1-3-19-12-14-21(15-13-19)23-17-16-22(24(26)25(23)27)7-5-4-6-20-10-8-18(2)9-11-20/h4,6,8,14,16-17,19-20H,3,5,7,9-13,15H2,1-2H3. The molecule has 27 heavy (non-hydrogen) atoms. The third kappa shape index (κ3) is 5.18. The van der Waals surface area contributed by atoms with Crippen LogP contribution < -0.4 is 0 Å². The van der Waals surface area contributed by atoms with Gasteiger partial charge in [0, 0.05) is 5.56 Å². The van der Waals surface area contributed by atoms with E-state index in [9.17, 15) is 8.78 Å². The van der Waals surface area contributed by atoms with Gasteiger partial charge in [-0.2, -0.15) is 0 Å². The van der Waals surface area contributed by atoms with Gasteiger partial charge in [0.1, 0.15) is 0 Å². The summed E-state index contributed by atoms with van der Waals surface area (Å²) in [5, 5.41) is 0. The van der Waals surface area contributed by atoms with E-state index in [4.69, 9.17) is 0 Å². The second-order valence-electron chi connectivity index (χ2n) is 8.23. The van der Waals surface area contributed by atoms with Crippen molar-refractivity contribution in [2.75, 3.05) is 0 Å². The maximum atomic E-state index is 14.6. The lowest BCUT2D eigenvalue weighted by Crippen LogP contribution is -2.06. The molecule has 2 atom stereocenters. The molecule has 0 fully saturated rings. The highest BCUT2D eigenvalue weighted by molar-refractivity contribution is 5.67. The molecule has 1 aromatic carbocycles. The van der Waals surface area contributed by atoms with Crippen molar-refractivity contribution in [1.29, 1.82) is 0 Å². The van der Waals surface area contributed by atoms with Crippen molar-refractivity contribution in [3.63, 3.8) is 0 Å². The van der Waals surface area contributed by atoms with E-state index in [1.54, 1.807) is 12.1 Å². The van der Waals surface area contributed by atoms with Gasteiger partial charge in [-0.3, -0.25) is 0 Å². The Hall–Kier alpha value is -1.70. The molecule has 0 aromatic heterocycles. The molecule has 0 heterocycles. The van der Waals surface area contributed by atoms with Crippen molar-refractivity contribution in [3.8, 4) is 0 Å². The molecule has 2 heteroatoms. The topological polar surface area (TPSA) is 0 Å². The normalized spacial score (nSPS) is 23.4. The molecule has 0 N–H and O–H groups in total. The number of hydrogen-bond acceptors (Lipinski definition) is 0. The number of benzene rings is 1. The molecule has 1 aromatic rings. The van der Waals surface area contributed by atoms with Gasteiger partial charge in [-0.15, -0.1) is 0 Å². The number of aryl methyl sites for hydroxylation is 1. The summed E-state index contributed by atoms with van der Waals surface area (Å²) in [6.45, 7) is 4.38. The number of halogens is 2. The molecular weight excluding hydrogens is 338 g/mol. The molecule has 0 amide bonds. The maximum absolute atomic E-state index is 14.6. The largest absolute Gasteiger partial charge is 0.203 e. The highest BCUT2D eigenvalue weighted by Gasteiger charge is 2.19. The van der Waals surface area contributed by atoms with E-state index in [0.717, 1.165) is 44.1 Å². The van der Waals surface area contributed by atoms with Crippen LogP contribution in [0.3, 0.4) is 0 Å². The van der Waals surface area contributed by atoms with Gasteiger partial charge in [0.05, 0.1) is 0 Å². The lowest BCUT2D eigenvalue weighted by atomic mass is 9.85. The highest BCUT2D eigenvalue weighted by atomic mass is 19.2. The quantitative estimate of drug-likeness (QED) is 0.448. The summed E-state index contributed by atoms with van der Waals surface area (Å²) in [5.74, 6) is -0.0275. The third-order valence-electron chi connectivity index (χ3n) is 6.27. The van der Waals surface area contributed by atoms with Crippen LogP contribution in [0.4, 0.5) is 8.78 Å². The SMILES string of the molecule is CCC1CC=C(c2ccc(CCC=CC3CC=C(C)CC3)c(F)c2F)CC1. The Kier molecular flexibility index (Phi) is 7.04. The van der Waals surface area contributed by atoms with Crippen LogP contribution in [0.2, 0.25) is 0 Å². The average molecular weight is 371 g/mol. The van der Waals surface area contributed by atoms with E-state index >= 15 is 0 Å². The second kappa shape index (κ2) is 9.48. The highest BCUT2D eigenvalue weighted by Crippen LogP contribution is 2.34. The predicted octanol–water partition coefficient (Wildman–Crippen LogP) is 7.79. The van der Waals surface area contributed by atoms with Crippen LogP contribution in [0, 0.1) is 23.5 Å². The molecule has 0 bridgehead atoms. The summed E-state index contributed by atoms with van der Waals surface area (Å²) in [6.07, 6.45) is 17.7. The number of hydrogen-bond donors (Lipinski definition) is 0. The molecule has 0 nitrogen and oxygen atoms in total. The second-order valence-corrected chi connectivity index (χ2v) is 8.23. The van der Waals surface area contributed by atoms with Crippen molar-refractivity contribution >= 4 is 5.57 Å². The fourth-order valence-electron chi connectivity index (χ4n) is 4.22. The summed E-state index contributed by atoms with van der Waals surface area (Å²) < 4.78 is 29.2. The minimum absolute atomic E-state index is 0.464. The first-order valence-corrected chi connectivity index (χ1v) is 10.6. The molecule has 146 valence electrons. The number of allylic oxidation sites excluding steroid dienone is 6. The van der Waals surface area contributed by atoms with Crippen LogP contribution in [0.15, 0.2) is 42.0 Å². The Morgan fingerprint density at radius 2 is 1.89 bits per heavy atom. The zero-order valence-corrected chi connectivity index (χ0v) is 16.7.